The van der Waals surface area contributed by atoms with Crippen LogP contribution in [0.25, 0.3) is 11.7 Å². The van der Waals surface area contributed by atoms with E-state index in [0.717, 1.165) is 72.7 Å². The molecule has 0 unspecified atom stereocenters. The molecule has 6 rings (SSSR count). The number of hydrogen-bond donors (Lipinski definition) is 2. The second-order valence-electron chi connectivity index (χ2n) is 8.20. The van der Waals surface area contributed by atoms with E-state index in [2.05, 4.69) is 24.9 Å². The highest BCUT2D eigenvalue weighted by Gasteiger charge is 2.22. The van der Waals surface area contributed by atoms with E-state index in [1.165, 1.54) is 0 Å². The SMILES string of the molecule is O=c1[nH]c(O)c(C=c2cnn3c(=NC4CC4)cc(N4CCN(c5ccccn5)CC4)nc23)s1. The molecule has 33 heavy (non-hydrogen) atoms. The van der Waals surface area contributed by atoms with Crippen LogP contribution in [0.4, 0.5) is 11.6 Å². The monoisotopic (exact) mass is 462 g/mol. The van der Waals surface area contributed by atoms with Gasteiger partial charge in [0.15, 0.2) is 11.1 Å². The molecule has 0 atom stereocenters. The van der Waals surface area contributed by atoms with Gasteiger partial charge in [-0.2, -0.15) is 9.61 Å². The Labute approximate surface area is 192 Å². The van der Waals surface area contributed by atoms with E-state index in [-0.39, 0.29) is 10.8 Å². The van der Waals surface area contributed by atoms with Gasteiger partial charge in [-0.1, -0.05) is 17.4 Å². The molecular formula is C22H22N8O2S. The van der Waals surface area contributed by atoms with Gasteiger partial charge in [0.2, 0.25) is 5.88 Å². The van der Waals surface area contributed by atoms with Crippen molar-refractivity contribution in [3.63, 3.8) is 0 Å². The van der Waals surface area contributed by atoms with Crippen molar-refractivity contribution in [3.8, 4) is 5.88 Å². The second-order valence-corrected chi connectivity index (χ2v) is 9.22. The normalized spacial score (nSPS) is 17.9. The van der Waals surface area contributed by atoms with Gasteiger partial charge >= 0.3 is 4.87 Å². The first-order chi connectivity index (χ1) is 16.1. The van der Waals surface area contributed by atoms with Crippen LogP contribution in [-0.4, -0.2) is 61.9 Å². The Bertz CT molecular complexity index is 1480. The van der Waals surface area contributed by atoms with E-state index in [1.54, 1.807) is 16.8 Å². The Morgan fingerprint density at radius 1 is 1.15 bits per heavy atom. The van der Waals surface area contributed by atoms with Gasteiger partial charge in [0.1, 0.15) is 11.6 Å². The fourth-order valence-corrected chi connectivity index (χ4v) is 4.66. The van der Waals surface area contributed by atoms with Crippen LogP contribution in [0.5, 0.6) is 5.88 Å². The first kappa shape index (κ1) is 19.9. The maximum Gasteiger partial charge on any atom is 0.307 e. The quantitative estimate of drug-likeness (QED) is 0.454. The number of rotatable bonds is 4. The Balaban J connectivity index is 1.39. The van der Waals surface area contributed by atoms with Crippen LogP contribution >= 0.6 is 11.3 Å². The molecule has 0 radical (unpaired) electrons. The van der Waals surface area contributed by atoms with Crippen molar-refractivity contribution in [2.24, 2.45) is 4.99 Å². The standard InChI is InChI=1S/C22H22N8O2S/c31-21-16(33-22(32)27-21)11-14-13-24-30-19(25-15-4-5-15)12-18(26-20(14)30)29-9-7-28(8-10-29)17-3-1-2-6-23-17/h1-3,6,11-13,15,31H,4-5,7-10H2,(H,27,32). The van der Waals surface area contributed by atoms with Crippen molar-refractivity contribution in [3.05, 3.63) is 61.9 Å². The minimum Gasteiger partial charge on any atom is -0.493 e. The smallest absolute Gasteiger partial charge is 0.307 e. The fourth-order valence-electron chi connectivity index (χ4n) is 3.97. The van der Waals surface area contributed by atoms with Gasteiger partial charge in [0.05, 0.1) is 17.1 Å². The van der Waals surface area contributed by atoms with Crippen LogP contribution in [0.1, 0.15) is 17.7 Å². The summed E-state index contributed by atoms with van der Waals surface area (Å²) in [6, 6.07) is 8.30. The van der Waals surface area contributed by atoms with E-state index < -0.39 is 0 Å². The number of piperazine rings is 1. The van der Waals surface area contributed by atoms with Crippen LogP contribution in [-0.2, 0) is 0 Å². The topological polar surface area (TPSA) is 115 Å². The molecule has 11 heteroatoms. The number of aromatic nitrogens is 5. The van der Waals surface area contributed by atoms with E-state index >= 15 is 0 Å². The van der Waals surface area contributed by atoms with Gasteiger partial charge in [-0.05, 0) is 31.1 Å². The van der Waals surface area contributed by atoms with Crippen LogP contribution in [0.15, 0.2) is 46.4 Å². The molecule has 5 heterocycles. The molecule has 0 spiro atoms. The number of anilines is 2. The first-order valence-corrected chi connectivity index (χ1v) is 11.7. The minimum atomic E-state index is -0.306. The molecule has 2 fully saturated rings. The van der Waals surface area contributed by atoms with Crippen molar-refractivity contribution in [2.75, 3.05) is 36.0 Å². The molecule has 168 valence electrons. The van der Waals surface area contributed by atoms with Gasteiger partial charge < -0.3 is 14.9 Å². The summed E-state index contributed by atoms with van der Waals surface area (Å²) in [6.45, 7) is 3.33. The fraction of sp³-hybridized carbons (Fsp3) is 0.318. The number of fused-ring (bicyclic) bond motifs is 1. The zero-order valence-electron chi connectivity index (χ0n) is 17.8. The molecule has 0 amide bonds. The third kappa shape index (κ3) is 3.95. The molecule has 1 saturated carbocycles. The Hall–Kier alpha value is -3.73. The minimum absolute atomic E-state index is 0.144. The highest BCUT2D eigenvalue weighted by molar-refractivity contribution is 7.10. The van der Waals surface area contributed by atoms with Gasteiger partial charge in [-0.25, -0.2) is 9.97 Å². The lowest BCUT2D eigenvalue weighted by Crippen LogP contribution is -2.47. The maximum atomic E-state index is 11.6. The Morgan fingerprint density at radius 3 is 2.61 bits per heavy atom. The maximum absolute atomic E-state index is 11.6. The summed E-state index contributed by atoms with van der Waals surface area (Å²) in [4.78, 5) is 32.9. The molecule has 1 aliphatic heterocycles. The third-order valence-electron chi connectivity index (χ3n) is 5.85. The number of pyridine rings is 1. The van der Waals surface area contributed by atoms with Gasteiger partial charge in [0, 0.05) is 43.7 Å². The van der Waals surface area contributed by atoms with Crippen molar-refractivity contribution in [1.82, 2.24) is 24.6 Å². The molecular weight excluding hydrogens is 440 g/mol. The summed E-state index contributed by atoms with van der Waals surface area (Å²) in [7, 11) is 0. The summed E-state index contributed by atoms with van der Waals surface area (Å²) in [6.07, 6.45) is 7.43. The van der Waals surface area contributed by atoms with E-state index in [4.69, 9.17) is 9.98 Å². The molecule has 0 aromatic carbocycles. The third-order valence-corrected chi connectivity index (χ3v) is 6.67. The molecule has 1 aliphatic carbocycles. The van der Waals surface area contributed by atoms with Gasteiger partial charge in [-0.3, -0.25) is 14.8 Å². The van der Waals surface area contributed by atoms with E-state index in [1.807, 2.05) is 30.5 Å². The largest absolute Gasteiger partial charge is 0.493 e. The Kier molecular flexibility index (Phi) is 4.83. The van der Waals surface area contributed by atoms with E-state index in [9.17, 15) is 9.90 Å². The van der Waals surface area contributed by atoms with Crippen molar-refractivity contribution in [2.45, 2.75) is 18.9 Å². The number of H-pyrrole nitrogens is 1. The second kappa shape index (κ2) is 8.00. The predicted octanol–water partition coefficient (Wildman–Crippen LogP) is 0.517. The van der Waals surface area contributed by atoms with Gasteiger partial charge in [0.25, 0.3) is 0 Å². The van der Waals surface area contributed by atoms with Crippen LogP contribution < -0.4 is 25.4 Å². The zero-order valence-corrected chi connectivity index (χ0v) is 18.6. The lowest BCUT2D eigenvalue weighted by molar-refractivity contribution is 0.455. The summed E-state index contributed by atoms with van der Waals surface area (Å²) in [5.74, 6) is 1.70. The van der Waals surface area contributed by atoms with Crippen LogP contribution in [0.2, 0.25) is 0 Å². The highest BCUT2D eigenvalue weighted by atomic mass is 32.1. The highest BCUT2D eigenvalue weighted by Crippen LogP contribution is 2.23. The van der Waals surface area contributed by atoms with Crippen molar-refractivity contribution in [1.29, 1.82) is 0 Å². The average molecular weight is 463 g/mol. The first-order valence-electron chi connectivity index (χ1n) is 10.9. The molecule has 4 aromatic heterocycles. The molecule has 2 N–H and O–H groups in total. The number of aromatic amines is 1. The summed E-state index contributed by atoms with van der Waals surface area (Å²) >= 11 is 0.950. The van der Waals surface area contributed by atoms with Crippen molar-refractivity contribution >= 4 is 34.7 Å². The summed E-state index contributed by atoms with van der Waals surface area (Å²) < 4.78 is 1.74. The molecule has 10 nitrogen and oxygen atoms in total. The van der Waals surface area contributed by atoms with Crippen molar-refractivity contribution < 1.29 is 5.11 Å². The van der Waals surface area contributed by atoms with E-state index in [0.29, 0.717) is 16.6 Å². The lowest BCUT2D eigenvalue weighted by atomic mass is 10.3. The summed E-state index contributed by atoms with van der Waals surface area (Å²) in [5.41, 5.74) is 1.43. The number of thiazole rings is 1. The van der Waals surface area contributed by atoms with Crippen LogP contribution in [0, 0.1) is 0 Å². The summed E-state index contributed by atoms with van der Waals surface area (Å²) in [5, 5.41) is 15.2. The molecule has 1 saturated heterocycles. The number of nitrogens with zero attached hydrogens (tertiary/aromatic N) is 7. The number of hydrogen-bond acceptors (Lipinski definition) is 9. The molecule has 2 aliphatic rings. The lowest BCUT2D eigenvalue weighted by Gasteiger charge is -2.36. The number of nitrogens with one attached hydrogen (secondary N) is 1. The molecule has 0 bridgehead atoms. The molecule has 4 aromatic rings. The zero-order chi connectivity index (χ0) is 22.4. The average Bonchev–Trinajstić information content (AvgIpc) is 3.47. The Morgan fingerprint density at radius 2 is 1.94 bits per heavy atom. The number of aromatic hydroxyl groups is 1. The van der Waals surface area contributed by atoms with Gasteiger partial charge in [-0.15, -0.1) is 0 Å². The predicted molar refractivity (Wildman–Crippen MR) is 126 cm³/mol. The van der Waals surface area contributed by atoms with Crippen LogP contribution in [0.3, 0.4) is 0 Å².